The highest BCUT2D eigenvalue weighted by Crippen LogP contribution is 2.23. The first-order valence-corrected chi connectivity index (χ1v) is 4.84. The van der Waals surface area contributed by atoms with Gasteiger partial charge in [-0.05, 0) is 12.1 Å². The number of amides is 1. The first kappa shape index (κ1) is 8.83. The van der Waals surface area contributed by atoms with Crippen LogP contribution in [0.2, 0.25) is 0 Å². The normalized spacial score (nSPS) is 9.71. The maximum Gasteiger partial charge on any atom is 0.213 e. The number of thiazole rings is 1. The molecule has 2 rings (SSSR count). The van der Waals surface area contributed by atoms with Gasteiger partial charge >= 0.3 is 0 Å². The first-order chi connectivity index (χ1) is 6.90. The number of anilines is 1. The fourth-order valence-corrected chi connectivity index (χ4v) is 1.72. The lowest BCUT2D eigenvalue weighted by molar-refractivity contribution is -0.105. The van der Waals surface area contributed by atoms with Crippen molar-refractivity contribution >= 4 is 22.9 Å². The Kier molecular flexibility index (Phi) is 2.51. The molecule has 0 unspecified atom stereocenters. The van der Waals surface area contributed by atoms with Crippen molar-refractivity contribution in [2.75, 3.05) is 5.32 Å². The third-order valence-corrected chi connectivity index (χ3v) is 2.44. The summed E-state index contributed by atoms with van der Waals surface area (Å²) in [4.78, 5) is 18.3. The van der Waals surface area contributed by atoms with Gasteiger partial charge in [0.15, 0.2) is 5.13 Å². The van der Waals surface area contributed by atoms with E-state index < -0.39 is 0 Å². The monoisotopic (exact) mass is 205 g/mol. The number of rotatable bonds is 3. The fourth-order valence-electron chi connectivity index (χ4n) is 1.05. The van der Waals surface area contributed by atoms with E-state index in [4.69, 9.17) is 0 Å². The molecule has 1 N–H and O–H groups in total. The smallest absolute Gasteiger partial charge is 0.213 e. The van der Waals surface area contributed by atoms with Crippen molar-refractivity contribution in [2.45, 2.75) is 0 Å². The summed E-state index contributed by atoms with van der Waals surface area (Å²) < 4.78 is 0. The van der Waals surface area contributed by atoms with E-state index in [0.717, 1.165) is 11.3 Å². The van der Waals surface area contributed by atoms with Crippen molar-refractivity contribution in [3.63, 3.8) is 0 Å². The molecule has 0 aliphatic heterocycles. The van der Waals surface area contributed by atoms with E-state index in [-0.39, 0.29) is 0 Å². The lowest BCUT2D eigenvalue weighted by Gasteiger charge is -1.93. The molecule has 0 bridgehead atoms. The number of aromatic nitrogens is 2. The molecule has 0 saturated carbocycles. The molecule has 0 saturated heterocycles. The Bertz CT molecular complexity index is 427. The molecule has 70 valence electrons. The summed E-state index contributed by atoms with van der Waals surface area (Å²) in [6, 6.07) is 3.75. The topological polar surface area (TPSA) is 54.9 Å². The van der Waals surface area contributed by atoms with Crippen LogP contribution in [0.5, 0.6) is 0 Å². The summed E-state index contributed by atoms with van der Waals surface area (Å²) in [6.45, 7) is 0. The fraction of sp³-hybridized carbons (Fsp3) is 0. The molecule has 0 radical (unpaired) electrons. The molecule has 5 heteroatoms. The second kappa shape index (κ2) is 3.97. The van der Waals surface area contributed by atoms with Crippen LogP contribution >= 0.6 is 11.3 Å². The Hall–Kier alpha value is -1.75. The van der Waals surface area contributed by atoms with E-state index in [2.05, 4.69) is 15.3 Å². The predicted octanol–water partition coefficient (Wildman–Crippen LogP) is 1.77. The molecule has 2 aromatic heterocycles. The molecular weight excluding hydrogens is 198 g/mol. The van der Waals surface area contributed by atoms with Gasteiger partial charge in [0.2, 0.25) is 6.41 Å². The van der Waals surface area contributed by atoms with Crippen molar-refractivity contribution in [2.24, 2.45) is 0 Å². The summed E-state index contributed by atoms with van der Waals surface area (Å²) in [6.07, 6.45) is 4.04. The van der Waals surface area contributed by atoms with Crippen molar-refractivity contribution < 1.29 is 4.79 Å². The van der Waals surface area contributed by atoms with E-state index in [1.807, 2.05) is 17.5 Å². The van der Waals surface area contributed by atoms with Gasteiger partial charge in [-0.25, -0.2) is 4.98 Å². The number of hydrogen-bond acceptors (Lipinski definition) is 4. The minimum absolute atomic E-state index is 0.604. The van der Waals surface area contributed by atoms with Gasteiger partial charge in [-0.2, -0.15) is 0 Å². The zero-order valence-corrected chi connectivity index (χ0v) is 7.99. The van der Waals surface area contributed by atoms with Crippen LogP contribution in [0.1, 0.15) is 0 Å². The quantitative estimate of drug-likeness (QED) is 0.777. The molecule has 0 atom stereocenters. The minimum Gasteiger partial charge on any atom is -0.305 e. The summed E-state index contributed by atoms with van der Waals surface area (Å²) in [7, 11) is 0. The lowest BCUT2D eigenvalue weighted by Crippen LogP contribution is -1.92. The molecule has 2 heterocycles. The molecule has 0 aliphatic rings. The lowest BCUT2D eigenvalue weighted by atomic mass is 10.2. The van der Waals surface area contributed by atoms with Gasteiger partial charge in [0.1, 0.15) is 0 Å². The van der Waals surface area contributed by atoms with Crippen LogP contribution in [0.15, 0.2) is 29.9 Å². The summed E-state index contributed by atoms with van der Waals surface area (Å²) in [5.74, 6) is 0. The molecule has 0 spiro atoms. The highest BCUT2D eigenvalue weighted by Gasteiger charge is 2.02. The predicted molar refractivity (Wildman–Crippen MR) is 55.0 cm³/mol. The molecule has 0 fully saturated rings. The molecule has 1 amide bonds. The van der Waals surface area contributed by atoms with Crippen LogP contribution in [-0.2, 0) is 4.79 Å². The molecule has 2 aromatic rings. The Morgan fingerprint density at radius 3 is 2.86 bits per heavy atom. The van der Waals surface area contributed by atoms with Crippen LogP contribution < -0.4 is 5.32 Å². The zero-order chi connectivity index (χ0) is 9.80. The van der Waals surface area contributed by atoms with E-state index in [0.29, 0.717) is 11.5 Å². The first-order valence-electron chi connectivity index (χ1n) is 3.96. The van der Waals surface area contributed by atoms with Gasteiger partial charge in [0.05, 0.1) is 5.69 Å². The number of carbonyl (C=O) groups excluding carboxylic acids is 1. The maximum atomic E-state index is 10.2. The Balaban J connectivity index is 2.29. The summed E-state index contributed by atoms with van der Waals surface area (Å²) in [5.41, 5.74) is 1.84. The van der Waals surface area contributed by atoms with Crippen LogP contribution in [0.4, 0.5) is 5.13 Å². The zero-order valence-electron chi connectivity index (χ0n) is 7.18. The van der Waals surface area contributed by atoms with Crippen molar-refractivity contribution in [1.82, 2.24) is 9.97 Å². The van der Waals surface area contributed by atoms with Gasteiger partial charge in [-0.1, -0.05) is 0 Å². The maximum absolute atomic E-state index is 10.2. The summed E-state index contributed by atoms with van der Waals surface area (Å²) >= 11 is 1.40. The van der Waals surface area contributed by atoms with Crippen LogP contribution in [0.3, 0.4) is 0 Å². The van der Waals surface area contributed by atoms with Gasteiger partial charge < -0.3 is 5.32 Å². The Labute approximate surface area is 84.6 Å². The van der Waals surface area contributed by atoms with Gasteiger partial charge in [0, 0.05) is 23.3 Å². The van der Waals surface area contributed by atoms with Crippen molar-refractivity contribution in [1.29, 1.82) is 0 Å². The van der Waals surface area contributed by atoms with Gasteiger partial charge in [-0.3, -0.25) is 9.78 Å². The Morgan fingerprint density at radius 2 is 2.14 bits per heavy atom. The standard InChI is InChI=1S/C9H7N3OS/c13-6-11-9-12-8(5-14-9)7-1-3-10-4-2-7/h1-6H,(H,11,12,13). The van der Waals surface area contributed by atoms with Crippen LogP contribution in [-0.4, -0.2) is 16.4 Å². The highest BCUT2D eigenvalue weighted by atomic mass is 32.1. The molecule has 0 aromatic carbocycles. The number of nitrogens with one attached hydrogen (secondary N) is 1. The summed E-state index contributed by atoms with van der Waals surface area (Å²) in [5, 5.41) is 5.00. The van der Waals surface area contributed by atoms with E-state index >= 15 is 0 Å². The molecule has 4 nitrogen and oxygen atoms in total. The van der Waals surface area contributed by atoms with E-state index in [1.54, 1.807) is 12.4 Å². The van der Waals surface area contributed by atoms with E-state index in [1.165, 1.54) is 11.3 Å². The molecular formula is C9H7N3OS. The average Bonchev–Trinajstić information content (AvgIpc) is 2.68. The molecule has 0 aliphatic carbocycles. The van der Waals surface area contributed by atoms with E-state index in [9.17, 15) is 4.79 Å². The number of pyridine rings is 1. The number of hydrogen-bond donors (Lipinski definition) is 1. The van der Waals surface area contributed by atoms with Crippen molar-refractivity contribution in [3.8, 4) is 11.3 Å². The third kappa shape index (κ3) is 1.77. The Morgan fingerprint density at radius 1 is 1.36 bits per heavy atom. The van der Waals surface area contributed by atoms with Crippen LogP contribution in [0, 0.1) is 0 Å². The van der Waals surface area contributed by atoms with Gasteiger partial charge in [0.25, 0.3) is 0 Å². The SMILES string of the molecule is O=CNc1nc(-c2ccncc2)cs1. The van der Waals surface area contributed by atoms with Crippen LogP contribution in [0.25, 0.3) is 11.3 Å². The van der Waals surface area contributed by atoms with Gasteiger partial charge in [-0.15, -0.1) is 11.3 Å². The highest BCUT2D eigenvalue weighted by molar-refractivity contribution is 7.14. The van der Waals surface area contributed by atoms with Crippen molar-refractivity contribution in [3.05, 3.63) is 29.9 Å². The number of nitrogens with zero attached hydrogens (tertiary/aromatic N) is 2. The second-order valence-corrected chi connectivity index (χ2v) is 3.39. The largest absolute Gasteiger partial charge is 0.305 e. The average molecular weight is 205 g/mol. The second-order valence-electron chi connectivity index (χ2n) is 2.54. The third-order valence-electron chi connectivity index (χ3n) is 1.66. The number of carbonyl (C=O) groups is 1. The minimum atomic E-state index is 0.604. The molecule has 14 heavy (non-hydrogen) atoms.